The van der Waals surface area contributed by atoms with Crippen molar-refractivity contribution in [2.75, 3.05) is 14.2 Å². The highest BCUT2D eigenvalue weighted by Crippen LogP contribution is 2.48. The molecule has 1 aliphatic rings. The number of hydrogen-bond donors (Lipinski definition) is 1. The summed E-state index contributed by atoms with van der Waals surface area (Å²) >= 11 is 3.44. The summed E-state index contributed by atoms with van der Waals surface area (Å²) in [6.45, 7) is 1.97. The largest absolute Gasteiger partial charge is 0.497 e. The van der Waals surface area contributed by atoms with Crippen LogP contribution in [0.15, 0.2) is 46.9 Å². The van der Waals surface area contributed by atoms with Crippen LogP contribution in [0.5, 0.6) is 11.5 Å². The van der Waals surface area contributed by atoms with Crippen LogP contribution in [0.1, 0.15) is 36.4 Å². The Labute approximate surface area is 156 Å². The highest BCUT2D eigenvalue weighted by atomic mass is 79.9. The molecule has 3 unspecified atom stereocenters. The van der Waals surface area contributed by atoms with Gasteiger partial charge in [0.15, 0.2) is 0 Å². The Kier molecular flexibility index (Phi) is 5.33. The van der Waals surface area contributed by atoms with Gasteiger partial charge in [-0.3, -0.25) is 4.79 Å². The topological polar surface area (TPSA) is 47.6 Å². The van der Waals surface area contributed by atoms with Crippen LogP contribution >= 0.6 is 15.9 Å². The summed E-state index contributed by atoms with van der Waals surface area (Å²) in [6.07, 6.45) is 0.903. The quantitative estimate of drug-likeness (QED) is 0.774. The first kappa shape index (κ1) is 17.8. The molecule has 2 aromatic carbocycles. The molecule has 132 valence electrons. The molecule has 0 heterocycles. The van der Waals surface area contributed by atoms with Crippen molar-refractivity contribution >= 4 is 21.8 Å². The van der Waals surface area contributed by atoms with Crippen molar-refractivity contribution in [3.8, 4) is 11.5 Å². The van der Waals surface area contributed by atoms with E-state index in [1.165, 1.54) is 5.56 Å². The number of halogens is 1. The van der Waals surface area contributed by atoms with Gasteiger partial charge in [-0.05, 0) is 49.1 Å². The van der Waals surface area contributed by atoms with Gasteiger partial charge in [0.2, 0.25) is 5.91 Å². The normalized spacial score (nSPS) is 19.8. The van der Waals surface area contributed by atoms with Crippen LogP contribution in [0.3, 0.4) is 0 Å². The Balaban J connectivity index is 1.65. The standard InChI is InChI=1S/C20H22BrNO3/c1-12(16-9-8-15(24-2)10-19(16)25-3)22-20(23)18-11-17(18)13-4-6-14(21)7-5-13/h4-10,12,17-18H,11H2,1-3H3,(H,22,23). The summed E-state index contributed by atoms with van der Waals surface area (Å²) in [4.78, 5) is 12.6. The zero-order chi connectivity index (χ0) is 18.0. The van der Waals surface area contributed by atoms with Crippen LogP contribution in [0.4, 0.5) is 0 Å². The van der Waals surface area contributed by atoms with Crippen LogP contribution in [0.2, 0.25) is 0 Å². The molecule has 0 aliphatic heterocycles. The van der Waals surface area contributed by atoms with Crippen molar-refractivity contribution in [1.82, 2.24) is 5.32 Å². The van der Waals surface area contributed by atoms with Gasteiger partial charge in [0, 0.05) is 22.0 Å². The molecule has 0 radical (unpaired) electrons. The molecule has 1 saturated carbocycles. The van der Waals surface area contributed by atoms with E-state index < -0.39 is 0 Å². The Hall–Kier alpha value is -2.01. The number of carbonyl (C=O) groups excluding carboxylic acids is 1. The van der Waals surface area contributed by atoms with Crippen molar-refractivity contribution in [3.63, 3.8) is 0 Å². The second kappa shape index (κ2) is 7.48. The molecule has 25 heavy (non-hydrogen) atoms. The molecule has 2 aromatic rings. The number of hydrogen-bond acceptors (Lipinski definition) is 3. The molecule has 0 aromatic heterocycles. The molecule has 0 saturated heterocycles. The minimum atomic E-state index is -0.125. The average Bonchev–Trinajstić information content (AvgIpc) is 3.42. The summed E-state index contributed by atoms with van der Waals surface area (Å²) in [6, 6.07) is 13.7. The number of rotatable bonds is 6. The highest BCUT2D eigenvalue weighted by molar-refractivity contribution is 9.10. The van der Waals surface area contributed by atoms with Crippen LogP contribution in [-0.4, -0.2) is 20.1 Å². The van der Waals surface area contributed by atoms with E-state index in [-0.39, 0.29) is 17.9 Å². The lowest BCUT2D eigenvalue weighted by molar-refractivity contribution is -0.123. The predicted octanol–water partition coefficient (Wildman–Crippen LogP) is 4.45. The van der Waals surface area contributed by atoms with Crippen LogP contribution in [0.25, 0.3) is 0 Å². The molecular weight excluding hydrogens is 382 g/mol. The molecule has 3 atom stereocenters. The van der Waals surface area contributed by atoms with E-state index in [0.29, 0.717) is 11.7 Å². The fraction of sp³-hybridized carbons (Fsp3) is 0.350. The first-order chi connectivity index (χ1) is 12.0. The number of ether oxygens (including phenoxy) is 2. The van der Waals surface area contributed by atoms with Gasteiger partial charge in [-0.15, -0.1) is 0 Å². The molecule has 1 amide bonds. The van der Waals surface area contributed by atoms with Gasteiger partial charge in [0.1, 0.15) is 11.5 Å². The summed E-state index contributed by atoms with van der Waals surface area (Å²) in [7, 11) is 3.24. The van der Waals surface area contributed by atoms with Gasteiger partial charge in [0.05, 0.1) is 20.3 Å². The number of carbonyl (C=O) groups is 1. The Morgan fingerprint density at radius 1 is 1.16 bits per heavy atom. The van der Waals surface area contributed by atoms with Gasteiger partial charge in [-0.1, -0.05) is 28.1 Å². The number of benzene rings is 2. The summed E-state index contributed by atoms with van der Waals surface area (Å²) < 4.78 is 11.7. The molecule has 1 N–H and O–H groups in total. The maximum Gasteiger partial charge on any atom is 0.224 e. The second-order valence-corrected chi connectivity index (χ2v) is 7.25. The highest BCUT2D eigenvalue weighted by Gasteiger charge is 2.44. The Morgan fingerprint density at radius 3 is 2.52 bits per heavy atom. The van der Waals surface area contributed by atoms with Gasteiger partial charge in [0.25, 0.3) is 0 Å². The lowest BCUT2D eigenvalue weighted by atomic mass is 10.1. The molecule has 0 spiro atoms. The molecule has 3 rings (SSSR count). The van der Waals surface area contributed by atoms with Crippen LogP contribution < -0.4 is 14.8 Å². The second-order valence-electron chi connectivity index (χ2n) is 6.34. The minimum Gasteiger partial charge on any atom is -0.497 e. The predicted molar refractivity (Wildman–Crippen MR) is 101 cm³/mol. The maximum absolute atomic E-state index is 12.6. The van der Waals surface area contributed by atoms with E-state index in [9.17, 15) is 4.79 Å². The van der Waals surface area contributed by atoms with E-state index >= 15 is 0 Å². The lowest BCUT2D eigenvalue weighted by Gasteiger charge is -2.18. The van der Waals surface area contributed by atoms with Crippen molar-refractivity contribution < 1.29 is 14.3 Å². The molecule has 4 nitrogen and oxygen atoms in total. The molecule has 0 bridgehead atoms. The Morgan fingerprint density at radius 2 is 1.88 bits per heavy atom. The van der Waals surface area contributed by atoms with Crippen molar-refractivity contribution in [3.05, 3.63) is 58.1 Å². The summed E-state index contributed by atoms with van der Waals surface area (Å²) in [5, 5.41) is 3.11. The van der Waals surface area contributed by atoms with Gasteiger partial charge in [-0.2, -0.15) is 0 Å². The van der Waals surface area contributed by atoms with Gasteiger partial charge >= 0.3 is 0 Å². The number of amides is 1. The first-order valence-electron chi connectivity index (χ1n) is 8.31. The monoisotopic (exact) mass is 403 g/mol. The SMILES string of the molecule is COc1ccc(C(C)NC(=O)C2CC2c2ccc(Br)cc2)c(OC)c1. The molecule has 5 heteroatoms. The minimum absolute atomic E-state index is 0.0490. The summed E-state index contributed by atoms with van der Waals surface area (Å²) in [5.74, 6) is 1.91. The van der Waals surface area contributed by atoms with Gasteiger partial charge in [-0.25, -0.2) is 0 Å². The molecule has 1 aliphatic carbocycles. The average molecular weight is 404 g/mol. The third-order valence-corrected chi connectivity index (χ3v) is 5.22. The summed E-state index contributed by atoms with van der Waals surface area (Å²) in [5.41, 5.74) is 2.16. The third kappa shape index (κ3) is 3.98. The van der Waals surface area contributed by atoms with E-state index in [1.807, 2.05) is 37.3 Å². The lowest BCUT2D eigenvalue weighted by Crippen LogP contribution is -2.28. The smallest absolute Gasteiger partial charge is 0.224 e. The van der Waals surface area contributed by atoms with E-state index in [4.69, 9.17) is 9.47 Å². The zero-order valence-corrected chi connectivity index (χ0v) is 16.2. The molecular formula is C20H22BrNO3. The van der Waals surface area contributed by atoms with Crippen LogP contribution in [-0.2, 0) is 4.79 Å². The fourth-order valence-electron chi connectivity index (χ4n) is 3.14. The number of methoxy groups -OCH3 is 2. The van der Waals surface area contributed by atoms with Crippen molar-refractivity contribution in [2.45, 2.75) is 25.3 Å². The zero-order valence-electron chi connectivity index (χ0n) is 14.6. The first-order valence-corrected chi connectivity index (χ1v) is 9.10. The van der Waals surface area contributed by atoms with Crippen LogP contribution in [0, 0.1) is 5.92 Å². The maximum atomic E-state index is 12.6. The van der Waals surface area contributed by atoms with Gasteiger partial charge < -0.3 is 14.8 Å². The van der Waals surface area contributed by atoms with Crippen molar-refractivity contribution in [1.29, 1.82) is 0 Å². The van der Waals surface area contributed by atoms with E-state index in [0.717, 1.165) is 22.2 Å². The molecule has 1 fully saturated rings. The number of nitrogens with one attached hydrogen (secondary N) is 1. The fourth-order valence-corrected chi connectivity index (χ4v) is 3.40. The van der Waals surface area contributed by atoms with E-state index in [2.05, 4.69) is 33.4 Å². The third-order valence-electron chi connectivity index (χ3n) is 4.69. The Bertz CT molecular complexity index is 760. The van der Waals surface area contributed by atoms with Crippen molar-refractivity contribution in [2.24, 2.45) is 5.92 Å². The van der Waals surface area contributed by atoms with E-state index in [1.54, 1.807) is 14.2 Å².